The molecule has 3 rings (SSSR count). The number of aromatic amines is 1. The maximum atomic E-state index is 13.7. The molecule has 4 N–H and O–H groups in total. The molecule has 0 radical (unpaired) electrons. The summed E-state index contributed by atoms with van der Waals surface area (Å²) in [6.07, 6.45) is 3.02. The minimum absolute atomic E-state index is 0.0847. The van der Waals surface area contributed by atoms with E-state index in [-0.39, 0.29) is 102 Å². The highest BCUT2D eigenvalue weighted by Crippen LogP contribution is 2.28. The fourth-order valence-electron chi connectivity index (χ4n) is 6.49. The van der Waals surface area contributed by atoms with Crippen molar-refractivity contribution >= 4 is 53.8 Å². The Morgan fingerprint density at radius 2 is 1.44 bits per heavy atom. The van der Waals surface area contributed by atoms with Crippen LogP contribution in [0.15, 0.2) is 29.1 Å². The number of H-pyrrole nitrogens is 1. The Morgan fingerprint density at radius 1 is 0.827 bits per heavy atom. The van der Waals surface area contributed by atoms with Gasteiger partial charge in [0.15, 0.2) is 0 Å². The number of aromatic nitrogens is 1. The highest BCUT2D eigenvalue weighted by atomic mass is 16.6. The lowest BCUT2D eigenvalue weighted by Crippen LogP contribution is -2.57. The molecular formula is C34H49N7O11. The number of fused-ring (bicyclic) bond motifs is 1. The third kappa shape index (κ3) is 13.7. The maximum Gasteiger partial charge on any atom is 0.317 e. The molecule has 2 amide bonds. The molecule has 1 aliphatic carbocycles. The Kier molecular flexibility index (Phi) is 17.7. The first kappa shape index (κ1) is 41.5. The molecule has 0 saturated heterocycles. The van der Waals surface area contributed by atoms with Crippen LogP contribution in [-0.4, -0.2) is 152 Å². The number of anilines is 1. The van der Waals surface area contributed by atoms with E-state index in [0.717, 1.165) is 23.8 Å². The zero-order valence-corrected chi connectivity index (χ0v) is 29.6. The van der Waals surface area contributed by atoms with E-state index in [0.29, 0.717) is 43.6 Å². The Labute approximate surface area is 301 Å². The number of nitrogens with one attached hydrogen (secondary N) is 3. The molecular weight excluding hydrogens is 682 g/mol. The number of amides is 2. The highest BCUT2D eigenvalue weighted by Gasteiger charge is 2.36. The summed E-state index contributed by atoms with van der Waals surface area (Å²) >= 11 is 0. The number of benzene rings is 1. The van der Waals surface area contributed by atoms with Crippen molar-refractivity contribution in [3.63, 3.8) is 0 Å². The summed E-state index contributed by atoms with van der Waals surface area (Å²) in [6.45, 7) is 4.80. The number of rotatable bonds is 25. The van der Waals surface area contributed by atoms with E-state index in [2.05, 4.69) is 15.6 Å². The van der Waals surface area contributed by atoms with Gasteiger partial charge in [-0.15, -0.1) is 0 Å². The molecule has 0 aliphatic heterocycles. The van der Waals surface area contributed by atoms with Crippen LogP contribution in [0, 0.1) is 6.92 Å². The monoisotopic (exact) mass is 731 g/mol. The van der Waals surface area contributed by atoms with Crippen molar-refractivity contribution in [2.75, 3.05) is 77.9 Å². The number of hydrogen-bond acceptors (Lipinski definition) is 14. The largest absolute Gasteiger partial charge is 0.480 e. The Morgan fingerprint density at radius 3 is 2.08 bits per heavy atom. The van der Waals surface area contributed by atoms with E-state index in [1.807, 2.05) is 22.8 Å². The Hall–Kier alpha value is -4.91. The van der Waals surface area contributed by atoms with Crippen LogP contribution in [0.1, 0.15) is 38.2 Å². The zero-order valence-electron chi connectivity index (χ0n) is 29.6. The zero-order chi connectivity index (χ0) is 37.9. The third-order valence-corrected chi connectivity index (χ3v) is 8.78. The lowest BCUT2D eigenvalue weighted by atomic mass is 9.88. The van der Waals surface area contributed by atoms with E-state index >= 15 is 0 Å². The van der Waals surface area contributed by atoms with Gasteiger partial charge in [-0.1, -0.05) is 18.9 Å². The number of nitrogens with zero attached hydrogens (tertiary/aromatic N) is 4. The van der Waals surface area contributed by atoms with Crippen LogP contribution in [0.5, 0.6) is 0 Å². The quantitative estimate of drug-likeness (QED) is 0.0596. The lowest BCUT2D eigenvalue weighted by Gasteiger charge is -2.45. The molecule has 18 nitrogen and oxygen atoms in total. The van der Waals surface area contributed by atoms with Crippen molar-refractivity contribution in [1.29, 1.82) is 0 Å². The number of carboxylic acid groups (broad SMARTS) is 1. The summed E-state index contributed by atoms with van der Waals surface area (Å²) in [5, 5.41) is 16.0. The minimum Gasteiger partial charge on any atom is -0.480 e. The number of carbonyl (C=O) groups excluding carboxylic acids is 5. The minimum atomic E-state index is -1.10. The first-order chi connectivity index (χ1) is 25.1. The first-order valence-electron chi connectivity index (χ1n) is 17.1. The number of aliphatic carboxylic acids is 1. The van der Waals surface area contributed by atoms with Gasteiger partial charge >= 0.3 is 5.97 Å². The second kappa shape index (κ2) is 22.1. The maximum absolute atomic E-state index is 13.7. The summed E-state index contributed by atoms with van der Waals surface area (Å²) in [7, 11) is 0. The van der Waals surface area contributed by atoms with Crippen LogP contribution < -0.4 is 16.2 Å². The molecule has 0 bridgehead atoms. The number of pyridine rings is 1. The summed E-state index contributed by atoms with van der Waals surface area (Å²) in [4.78, 5) is 92.7. The molecule has 286 valence electrons. The molecule has 2 atom stereocenters. The normalized spacial score (nSPS) is 15.8. The van der Waals surface area contributed by atoms with Crippen LogP contribution in [0.25, 0.3) is 10.9 Å². The van der Waals surface area contributed by atoms with Gasteiger partial charge in [-0.05, 0) is 44.4 Å². The molecule has 1 saturated carbocycles. The number of aryl methyl sites for hydroxylation is 1. The molecule has 0 unspecified atom stereocenters. The smallest absolute Gasteiger partial charge is 0.317 e. The predicted molar refractivity (Wildman–Crippen MR) is 188 cm³/mol. The summed E-state index contributed by atoms with van der Waals surface area (Å²) < 4.78 is 14.9. The van der Waals surface area contributed by atoms with Gasteiger partial charge < -0.3 is 34.9 Å². The fourth-order valence-corrected chi connectivity index (χ4v) is 6.49. The van der Waals surface area contributed by atoms with Crippen molar-refractivity contribution in [2.24, 2.45) is 0 Å². The Bertz CT molecular complexity index is 1540. The standard InChI is InChI=1S/C34H49N7O11/c1-3-35-32(46)16-38(18-34(48)49)10-12-40(17-33(47)36-26-8-9-27-25(2)14-31(45)37-28(27)15-26)29-6-4-5-7-30(29)41(21-52-24-44)13-11-39(19-50-22-42)20-51-23-43/h8-9,14-15,22-24,29-30H,3-7,10-13,16-21H2,1-2H3,(H,35,46)(H,36,47)(H,37,45)(H,48,49)/t29-,30-/m0/s1. The first-order valence-corrected chi connectivity index (χ1v) is 17.1. The fraction of sp³-hybridized carbons (Fsp3) is 0.559. The van der Waals surface area contributed by atoms with Crippen molar-refractivity contribution in [3.05, 3.63) is 40.2 Å². The number of likely N-dealkylation sites (N-methyl/N-ethyl adjacent to an activating group) is 1. The van der Waals surface area contributed by atoms with E-state index < -0.39 is 5.97 Å². The van der Waals surface area contributed by atoms with E-state index in [1.54, 1.807) is 24.0 Å². The molecule has 1 aromatic carbocycles. The molecule has 1 heterocycles. The molecule has 18 heteroatoms. The van der Waals surface area contributed by atoms with Crippen molar-refractivity contribution < 1.29 is 48.1 Å². The molecule has 52 heavy (non-hydrogen) atoms. The van der Waals surface area contributed by atoms with Crippen LogP contribution in [0.3, 0.4) is 0 Å². The van der Waals surface area contributed by atoms with Crippen LogP contribution in [0.4, 0.5) is 5.69 Å². The van der Waals surface area contributed by atoms with Gasteiger partial charge in [0.2, 0.25) is 17.4 Å². The second-order valence-electron chi connectivity index (χ2n) is 12.5. The van der Waals surface area contributed by atoms with Crippen molar-refractivity contribution in [3.8, 4) is 0 Å². The third-order valence-electron chi connectivity index (χ3n) is 8.78. The SMILES string of the molecule is CCNC(=O)CN(CCN(CC(=O)Nc1ccc2c(C)cc(=O)[nH]c2c1)[C@H]1CCCC[C@@H]1N(CCN(COC=O)COC=O)COC=O)CC(=O)O. The van der Waals surface area contributed by atoms with E-state index in [9.17, 15) is 38.7 Å². The van der Waals surface area contributed by atoms with Crippen LogP contribution >= 0.6 is 0 Å². The van der Waals surface area contributed by atoms with Crippen LogP contribution in [-0.2, 0) is 43.0 Å². The lowest BCUT2D eigenvalue weighted by molar-refractivity contribution is -0.144. The van der Waals surface area contributed by atoms with Gasteiger partial charge in [0.1, 0.15) is 20.2 Å². The van der Waals surface area contributed by atoms with Gasteiger partial charge in [0.25, 0.3) is 19.4 Å². The molecule has 1 aliphatic rings. The van der Waals surface area contributed by atoms with Gasteiger partial charge in [-0.25, -0.2) is 4.90 Å². The summed E-state index contributed by atoms with van der Waals surface area (Å²) in [6, 6.07) is 6.22. The van der Waals surface area contributed by atoms with E-state index in [4.69, 9.17) is 14.2 Å². The van der Waals surface area contributed by atoms with E-state index in [1.165, 1.54) is 11.0 Å². The number of carbonyl (C=O) groups is 6. The van der Waals surface area contributed by atoms with Gasteiger partial charge in [-0.3, -0.25) is 48.3 Å². The average molecular weight is 732 g/mol. The molecule has 2 aromatic rings. The molecule has 1 aromatic heterocycles. The van der Waals surface area contributed by atoms with Gasteiger partial charge in [0.05, 0.1) is 25.2 Å². The predicted octanol–water partition coefficient (Wildman–Crippen LogP) is -0.0936. The van der Waals surface area contributed by atoms with Crippen molar-refractivity contribution in [1.82, 2.24) is 29.9 Å². The van der Waals surface area contributed by atoms with Crippen LogP contribution in [0.2, 0.25) is 0 Å². The summed E-state index contributed by atoms with van der Waals surface area (Å²) in [5.74, 6) is -1.79. The van der Waals surface area contributed by atoms with Gasteiger partial charge in [0, 0.05) is 61.9 Å². The summed E-state index contributed by atoms with van der Waals surface area (Å²) in [5.41, 5.74) is 1.57. The number of ether oxygens (including phenoxy) is 3. The average Bonchev–Trinajstić information content (AvgIpc) is 3.10. The highest BCUT2D eigenvalue weighted by molar-refractivity contribution is 5.95. The Balaban J connectivity index is 1.90. The number of hydrogen-bond donors (Lipinski definition) is 4. The molecule has 1 fully saturated rings. The molecule has 0 spiro atoms. The topological polar surface area (TPSA) is 220 Å². The van der Waals surface area contributed by atoms with Gasteiger partial charge in [-0.2, -0.15) is 0 Å². The number of carboxylic acids is 1. The second-order valence-corrected chi connectivity index (χ2v) is 12.5. The van der Waals surface area contributed by atoms with Crippen molar-refractivity contribution in [2.45, 2.75) is 51.6 Å².